The van der Waals surface area contributed by atoms with Gasteiger partial charge in [0.25, 0.3) is 0 Å². The smallest absolute Gasteiger partial charge is 0.416 e. The number of carbonyl (C=O) groups excluding carboxylic acids is 1. The number of methoxy groups -OCH3 is 1. The molecular weight excluding hydrogens is 381 g/mol. The van der Waals surface area contributed by atoms with E-state index in [1.165, 1.54) is 11.0 Å². The van der Waals surface area contributed by atoms with E-state index in [0.29, 0.717) is 12.1 Å². The summed E-state index contributed by atoms with van der Waals surface area (Å²) in [4.78, 5) is 13.8. The first-order valence-corrected chi connectivity index (χ1v) is 9.78. The highest BCUT2D eigenvalue weighted by atomic mass is 19.4. The third kappa shape index (κ3) is 5.73. The van der Waals surface area contributed by atoms with Gasteiger partial charge >= 0.3 is 6.18 Å². The van der Waals surface area contributed by atoms with Gasteiger partial charge < -0.3 is 15.0 Å². The van der Waals surface area contributed by atoms with Gasteiger partial charge in [0.1, 0.15) is 11.8 Å². The first-order valence-electron chi connectivity index (χ1n) is 9.78. The van der Waals surface area contributed by atoms with Crippen molar-refractivity contribution in [2.75, 3.05) is 26.7 Å². The van der Waals surface area contributed by atoms with E-state index in [-0.39, 0.29) is 18.4 Å². The standard InChI is InChI=1S/C22H25F3N2O2/c1-29-19-9-7-17(8-10-19)20(27-11-2-3-12-27)15-26-21(28)14-16-5-4-6-18(13-16)22(23,24)25/h4-10,13,20H,2-3,11-12,14-15H2,1H3,(H,26,28)/p+1/t20-/m1/s1. The van der Waals surface area contributed by atoms with Crippen molar-refractivity contribution >= 4 is 5.91 Å². The molecule has 0 unspecified atom stereocenters. The molecule has 0 saturated carbocycles. The van der Waals surface area contributed by atoms with Crippen molar-refractivity contribution in [3.63, 3.8) is 0 Å². The van der Waals surface area contributed by atoms with Crippen molar-refractivity contribution in [3.05, 3.63) is 65.2 Å². The fraction of sp³-hybridized carbons (Fsp3) is 0.409. The number of nitrogens with one attached hydrogen (secondary N) is 2. The summed E-state index contributed by atoms with van der Waals surface area (Å²) in [5, 5.41) is 2.92. The largest absolute Gasteiger partial charge is 0.497 e. The van der Waals surface area contributed by atoms with Crippen LogP contribution in [-0.4, -0.2) is 32.7 Å². The lowest BCUT2D eigenvalue weighted by atomic mass is 10.0. The highest BCUT2D eigenvalue weighted by molar-refractivity contribution is 5.78. The van der Waals surface area contributed by atoms with Crippen LogP contribution in [0.1, 0.15) is 35.6 Å². The van der Waals surface area contributed by atoms with E-state index in [0.717, 1.165) is 49.4 Å². The summed E-state index contributed by atoms with van der Waals surface area (Å²) in [6, 6.07) is 12.9. The van der Waals surface area contributed by atoms with Gasteiger partial charge in [-0.05, 0) is 35.9 Å². The fourth-order valence-electron chi connectivity index (χ4n) is 3.83. The molecule has 29 heavy (non-hydrogen) atoms. The van der Waals surface area contributed by atoms with Crippen molar-refractivity contribution in [2.24, 2.45) is 0 Å². The number of hydrogen-bond donors (Lipinski definition) is 2. The van der Waals surface area contributed by atoms with Gasteiger partial charge in [0.15, 0.2) is 0 Å². The van der Waals surface area contributed by atoms with E-state index < -0.39 is 11.7 Å². The van der Waals surface area contributed by atoms with Crippen LogP contribution in [0.4, 0.5) is 13.2 Å². The third-order valence-corrected chi connectivity index (χ3v) is 5.38. The quantitative estimate of drug-likeness (QED) is 0.741. The molecule has 1 fully saturated rings. The number of likely N-dealkylation sites (tertiary alicyclic amines) is 1. The Morgan fingerprint density at radius 1 is 1.14 bits per heavy atom. The van der Waals surface area contributed by atoms with Gasteiger partial charge in [-0.2, -0.15) is 13.2 Å². The average molecular weight is 407 g/mol. The predicted molar refractivity (Wildman–Crippen MR) is 104 cm³/mol. The zero-order chi connectivity index (χ0) is 20.9. The van der Waals surface area contributed by atoms with Gasteiger partial charge in [-0.3, -0.25) is 4.79 Å². The van der Waals surface area contributed by atoms with Gasteiger partial charge in [-0.25, -0.2) is 0 Å². The molecule has 1 aliphatic rings. The van der Waals surface area contributed by atoms with Crippen LogP contribution in [0.2, 0.25) is 0 Å². The topological polar surface area (TPSA) is 42.8 Å². The SMILES string of the molecule is COc1ccc([C@@H](CNC(=O)Cc2cccc(C(F)(F)F)c2)[NH+]2CCCC2)cc1. The van der Waals surface area contributed by atoms with Crippen LogP contribution in [0.15, 0.2) is 48.5 Å². The van der Waals surface area contributed by atoms with E-state index in [2.05, 4.69) is 5.32 Å². The Morgan fingerprint density at radius 2 is 1.83 bits per heavy atom. The number of halogens is 3. The van der Waals surface area contributed by atoms with Crippen molar-refractivity contribution in [1.82, 2.24) is 5.32 Å². The molecule has 0 aromatic heterocycles. The Balaban J connectivity index is 1.65. The minimum atomic E-state index is -4.41. The van der Waals surface area contributed by atoms with Gasteiger partial charge in [0.05, 0.1) is 38.7 Å². The van der Waals surface area contributed by atoms with Crippen molar-refractivity contribution in [2.45, 2.75) is 31.5 Å². The summed E-state index contributed by atoms with van der Waals surface area (Å²) >= 11 is 0. The summed E-state index contributed by atoms with van der Waals surface area (Å²) in [7, 11) is 1.62. The van der Waals surface area contributed by atoms with Gasteiger partial charge in [-0.15, -0.1) is 0 Å². The van der Waals surface area contributed by atoms with Crippen LogP contribution in [0.25, 0.3) is 0 Å². The lowest BCUT2D eigenvalue weighted by Crippen LogP contribution is -3.11. The second-order valence-corrected chi connectivity index (χ2v) is 7.37. The molecular formula is C22H26F3N2O2+. The zero-order valence-corrected chi connectivity index (χ0v) is 16.4. The number of hydrogen-bond acceptors (Lipinski definition) is 2. The Hall–Kier alpha value is -2.54. The Labute approximate surface area is 168 Å². The molecule has 0 bridgehead atoms. The summed E-state index contributed by atoms with van der Waals surface area (Å²) in [6.45, 7) is 2.53. The molecule has 7 heteroatoms. The van der Waals surface area contributed by atoms with E-state index >= 15 is 0 Å². The normalized spacial score (nSPS) is 15.9. The van der Waals surface area contributed by atoms with E-state index in [1.54, 1.807) is 13.2 Å². The third-order valence-electron chi connectivity index (χ3n) is 5.38. The lowest BCUT2D eigenvalue weighted by Gasteiger charge is -2.25. The predicted octanol–water partition coefficient (Wildman–Crippen LogP) is 2.79. The monoisotopic (exact) mass is 407 g/mol. The van der Waals surface area contributed by atoms with Gasteiger partial charge in [0, 0.05) is 18.4 Å². The molecule has 1 atom stereocenters. The van der Waals surface area contributed by atoms with Crippen LogP contribution >= 0.6 is 0 Å². The zero-order valence-electron chi connectivity index (χ0n) is 16.4. The minimum Gasteiger partial charge on any atom is -0.497 e. The van der Waals surface area contributed by atoms with Crippen LogP contribution < -0.4 is 15.0 Å². The number of ether oxygens (including phenoxy) is 1. The van der Waals surface area contributed by atoms with Crippen molar-refractivity contribution in [3.8, 4) is 5.75 Å². The Kier molecular flexibility index (Phi) is 6.79. The molecule has 1 aliphatic heterocycles. The molecule has 1 amide bonds. The number of amides is 1. The molecule has 0 radical (unpaired) electrons. The molecule has 2 aromatic rings. The summed E-state index contributed by atoms with van der Waals surface area (Å²) < 4.78 is 43.8. The average Bonchev–Trinajstić information content (AvgIpc) is 3.23. The molecule has 0 aliphatic carbocycles. The number of quaternary nitrogens is 1. The van der Waals surface area contributed by atoms with Gasteiger partial charge in [-0.1, -0.05) is 18.2 Å². The first kappa shape index (κ1) is 21.2. The van der Waals surface area contributed by atoms with E-state index in [1.807, 2.05) is 24.3 Å². The first-order chi connectivity index (χ1) is 13.9. The maximum absolute atomic E-state index is 12.9. The van der Waals surface area contributed by atoms with Gasteiger partial charge in [0.2, 0.25) is 5.91 Å². The van der Waals surface area contributed by atoms with Crippen molar-refractivity contribution in [1.29, 1.82) is 0 Å². The Morgan fingerprint density at radius 3 is 2.45 bits per heavy atom. The fourth-order valence-corrected chi connectivity index (χ4v) is 3.83. The van der Waals surface area contributed by atoms with Crippen molar-refractivity contribution < 1.29 is 27.6 Å². The Bertz CT molecular complexity index is 816. The highest BCUT2D eigenvalue weighted by Crippen LogP contribution is 2.29. The molecule has 1 saturated heterocycles. The minimum absolute atomic E-state index is 0.0748. The highest BCUT2D eigenvalue weighted by Gasteiger charge is 2.31. The summed E-state index contributed by atoms with van der Waals surface area (Å²) in [6.07, 6.45) is -2.18. The number of rotatable bonds is 7. The molecule has 2 aromatic carbocycles. The van der Waals surface area contributed by atoms with E-state index in [9.17, 15) is 18.0 Å². The second kappa shape index (κ2) is 9.31. The second-order valence-electron chi connectivity index (χ2n) is 7.37. The van der Waals surface area contributed by atoms with Crippen LogP contribution in [0.5, 0.6) is 5.75 Å². The maximum Gasteiger partial charge on any atom is 0.416 e. The van der Waals surface area contributed by atoms with Crippen LogP contribution in [0, 0.1) is 0 Å². The number of alkyl halides is 3. The molecule has 4 nitrogen and oxygen atoms in total. The molecule has 3 rings (SSSR count). The summed E-state index contributed by atoms with van der Waals surface area (Å²) in [5.41, 5.74) is 0.731. The van der Waals surface area contributed by atoms with E-state index in [4.69, 9.17) is 4.74 Å². The number of benzene rings is 2. The molecule has 2 N–H and O–H groups in total. The molecule has 1 heterocycles. The number of carbonyl (C=O) groups is 1. The summed E-state index contributed by atoms with van der Waals surface area (Å²) in [5.74, 6) is 0.499. The van der Waals surface area contributed by atoms with Crippen LogP contribution in [0.3, 0.4) is 0 Å². The molecule has 0 spiro atoms. The van der Waals surface area contributed by atoms with Crippen LogP contribution in [-0.2, 0) is 17.4 Å². The molecule has 156 valence electrons. The maximum atomic E-state index is 12.9. The lowest BCUT2D eigenvalue weighted by molar-refractivity contribution is -0.918.